The molecule has 2 rings (SSSR count). The average Bonchev–Trinajstić information content (AvgIpc) is 2.88. The summed E-state index contributed by atoms with van der Waals surface area (Å²) in [5.41, 5.74) is -1.75. The molecular formula is C12H10FN3O3S. The molecule has 1 heterocycles. The quantitative estimate of drug-likeness (QED) is 0.678. The Hall–Kier alpha value is -2.14. The third-order valence-electron chi connectivity index (χ3n) is 2.99. The molecule has 1 N–H and O–H groups in total. The Morgan fingerprint density at radius 3 is 2.90 bits per heavy atom. The van der Waals surface area contributed by atoms with E-state index in [0.717, 1.165) is 24.0 Å². The van der Waals surface area contributed by atoms with Gasteiger partial charge < -0.3 is 5.32 Å². The summed E-state index contributed by atoms with van der Waals surface area (Å²) in [7, 11) is 0. The summed E-state index contributed by atoms with van der Waals surface area (Å²) >= 11 is 1.55. The Morgan fingerprint density at radius 2 is 2.35 bits per heavy atom. The molecule has 8 heteroatoms. The van der Waals surface area contributed by atoms with Crippen molar-refractivity contribution < 1.29 is 14.1 Å². The van der Waals surface area contributed by atoms with Crippen molar-refractivity contribution in [3.05, 3.63) is 39.7 Å². The number of benzene rings is 1. The van der Waals surface area contributed by atoms with Gasteiger partial charge in [-0.2, -0.15) is 21.4 Å². The van der Waals surface area contributed by atoms with E-state index >= 15 is 0 Å². The first kappa shape index (κ1) is 14.3. The molecule has 0 aliphatic carbocycles. The van der Waals surface area contributed by atoms with Gasteiger partial charge in [-0.1, -0.05) is 0 Å². The number of hydrogen-bond acceptors (Lipinski definition) is 5. The fourth-order valence-electron chi connectivity index (χ4n) is 1.86. The van der Waals surface area contributed by atoms with Crippen molar-refractivity contribution in [3.63, 3.8) is 0 Å². The molecule has 1 saturated heterocycles. The molecular weight excluding hydrogens is 285 g/mol. The number of thioether (sulfide) groups is 1. The van der Waals surface area contributed by atoms with Crippen molar-refractivity contribution in [2.45, 2.75) is 12.0 Å². The number of nitriles is 1. The summed E-state index contributed by atoms with van der Waals surface area (Å²) < 4.78 is 13.2. The molecule has 20 heavy (non-hydrogen) atoms. The first-order valence-corrected chi connectivity index (χ1v) is 6.88. The topological polar surface area (TPSA) is 96.0 Å². The number of nitrogens with zero attached hydrogens (tertiary/aromatic N) is 2. The van der Waals surface area contributed by atoms with Crippen LogP contribution in [0.2, 0.25) is 0 Å². The van der Waals surface area contributed by atoms with E-state index in [-0.39, 0.29) is 5.56 Å². The monoisotopic (exact) mass is 295 g/mol. The van der Waals surface area contributed by atoms with Gasteiger partial charge in [0.05, 0.1) is 11.0 Å². The van der Waals surface area contributed by atoms with E-state index in [9.17, 15) is 19.3 Å². The van der Waals surface area contributed by atoms with Gasteiger partial charge in [-0.15, -0.1) is 0 Å². The molecule has 104 valence electrons. The molecule has 0 aromatic heterocycles. The van der Waals surface area contributed by atoms with Crippen LogP contribution in [0.15, 0.2) is 18.2 Å². The first-order valence-electron chi connectivity index (χ1n) is 5.73. The van der Waals surface area contributed by atoms with E-state index in [1.165, 1.54) is 0 Å². The molecule has 1 aromatic rings. The maximum Gasteiger partial charge on any atom is 0.305 e. The number of rotatable bonds is 3. The van der Waals surface area contributed by atoms with Gasteiger partial charge in [-0.05, 0) is 24.3 Å². The number of nitrogens with one attached hydrogen (secondary N) is 1. The van der Waals surface area contributed by atoms with Crippen LogP contribution in [0.4, 0.5) is 10.1 Å². The third kappa shape index (κ3) is 2.72. The second kappa shape index (κ2) is 5.46. The van der Waals surface area contributed by atoms with Crippen LogP contribution in [0.1, 0.15) is 16.8 Å². The summed E-state index contributed by atoms with van der Waals surface area (Å²) in [6.45, 7) is 0. The normalized spacial score (nSPS) is 21.2. The van der Waals surface area contributed by atoms with E-state index < -0.39 is 27.9 Å². The SMILES string of the molecule is N#CC1(NC(=O)c2ccc(F)c([N+](=O)[O-])c2)CCSC1. The molecule has 0 bridgehead atoms. The van der Waals surface area contributed by atoms with Gasteiger partial charge in [-0.3, -0.25) is 14.9 Å². The first-order chi connectivity index (χ1) is 9.47. The van der Waals surface area contributed by atoms with Crippen LogP contribution in [-0.2, 0) is 0 Å². The van der Waals surface area contributed by atoms with Crippen molar-refractivity contribution in [2.24, 2.45) is 0 Å². The molecule has 1 aliphatic rings. The highest BCUT2D eigenvalue weighted by Gasteiger charge is 2.36. The highest BCUT2D eigenvalue weighted by molar-refractivity contribution is 7.99. The van der Waals surface area contributed by atoms with Crippen molar-refractivity contribution >= 4 is 23.4 Å². The van der Waals surface area contributed by atoms with Crippen molar-refractivity contribution in [2.75, 3.05) is 11.5 Å². The number of nitro groups is 1. The lowest BCUT2D eigenvalue weighted by atomic mass is 10.0. The zero-order valence-electron chi connectivity index (χ0n) is 10.3. The Labute approximate surface area is 118 Å². The van der Waals surface area contributed by atoms with Gasteiger partial charge in [0.15, 0.2) is 0 Å². The largest absolute Gasteiger partial charge is 0.333 e. The van der Waals surface area contributed by atoms with E-state index in [0.29, 0.717) is 12.2 Å². The lowest BCUT2D eigenvalue weighted by Gasteiger charge is -2.21. The van der Waals surface area contributed by atoms with Crippen molar-refractivity contribution in [1.29, 1.82) is 5.26 Å². The Bertz CT molecular complexity index is 608. The number of amides is 1. The summed E-state index contributed by atoms with van der Waals surface area (Å²) in [6.07, 6.45) is 0.517. The van der Waals surface area contributed by atoms with E-state index in [1.54, 1.807) is 11.8 Å². The van der Waals surface area contributed by atoms with Gasteiger partial charge in [-0.25, -0.2) is 0 Å². The third-order valence-corrected chi connectivity index (χ3v) is 4.18. The minimum Gasteiger partial charge on any atom is -0.333 e. The van der Waals surface area contributed by atoms with Crippen molar-refractivity contribution in [3.8, 4) is 6.07 Å². The van der Waals surface area contributed by atoms with Gasteiger partial charge in [0.2, 0.25) is 5.82 Å². The minimum atomic E-state index is -1.00. The Kier molecular flexibility index (Phi) is 3.90. The predicted octanol–water partition coefficient (Wildman–Crippen LogP) is 1.86. The second-order valence-corrected chi connectivity index (χ2v) is 5.48. The standard InChI is InChI=1S/C12H10FN3O3S/c13-9-2-1-8(5-10(9)16(18)19)11(17)15-12(6-14)3-4-20-7-12/h1-2,5H,3-4,7H2,(H,15,17). The van der Waals surface area contributed by atoms with E-state index in [1.807, 2.05) is 0 Å². The van der Waals surface area contributed by atoms with Gasteiger partial charge >= 0.3 is 5.69 Å². The average molecular weight is 295 g/mol. The number of hydrogen-bond donors (Lipinski definition) is 1. The fourth-order valence-corrected chi connectivity index (χ4v) is 3.13. The van der Waals surface area contributed by atoms with Crippen molar-refractivity contribution in [1.82, 2.24) is 5.32 Å². The van der Waals surface area contributed by atoms with Crippen LogP contribution in [-0.4, -0.2) is 27.9 Å². The van der Waals surface area contributed by atoms with Crippen LogP contribution < -0.4 is 5.32 Å². The van der Waals surface area contributed by atoms with Gasteiger partial charge in [0.1, 0.15) is 5.54 Å². The van der Waals surface area contributed by atoms with Crippen LogP contribution in [0.3, 0.4) is 0 Å². The van der Waals surface area contributed by atoms with Crippen LogP contribution in [0.25, 0.3) is 0 Å². The number of carbonyl (C=O) groups is 1. The second-order valence-electron chi connectivity index (χ2n) is 4.37. The van der Waals surface area contributed by atoms with E-state index in [4.69, 9.17) is 5.26 Å². The molecule has 0 radical (unpaired) electrons. The fraction of sp³-hybridized carbons (Fsp3) is 0.333. The molecule has 1 unspecified atom stereocenters. The molecule has 6 nitrogen and oxygen atoms in total. The number of nitro benzene ring substituents is 1. The minimum absolute atomic E-state index is 0.0374. The molecule has 0 spiro atoms. The van der Waals surface area contributed by atoms with Crippen LogP contribution in [0.5, 0.6) is 0 Å². The highest BCUT2D eigenvalue weighted by atomic mass is 32.2. The van der Waals surface area contributed by atoms with Gasteiger partial charge in [0, 0.05) is 17.4 Å². The highest BCUT2D eigenvalue weighted by Crippen LogP contribution is 2.28. The molecule has 0 saturated carbocycles. The summed E-state index contributed by atoms with van der Waals surface area (Å²) in [6, 6.07) is 4.97. The predicted molar refractivity (Wildman–Crippen MR) is 70.8 cm³/mol. The van der Waals surface area contributed by atoms with Gasteiger partial charge in [0.25, 0.3) is 5.91 Å². The Balaban J connectivity index is 2.24. The molecule has 1 amide bonds. The Morgan fingerprint density at radius 1 is 1.60 bits per heavy atom. The molecule has 1 atom stereocenters. The molecule has 1 aliphatic heterocycles. The lowest BCUT2D eigenvalue weighted by molar-refractivity contribution is -0.387. The number of halogens is 1. The maximum absolute atomic E-state index is 13.2. The summed E-state index contributed by atoms with van der Waals surface area (Å²) in [5.74, 6) is -0.384. The zero-order valence-corrected chi connectivity index (χ0v) is 11.1. The van der Waals surface area contributed by atoms with E-state index in [2.05, 4.69) is 11.4 Å². The van der Waals surface area contributed by atoms with Crippen LogP contribution >= 0.6 is 11.8 Å². The zero-order chi connectivity index (χ0) is 14.8. The van der Waals surface area contributed by atoms with Crippen LogP contribution in [0, 0.1) is 27.3 Å². The summed E-state index contributed by atoms with van der Waals surface area (Å²) in [4.78, 5) is 21.8. The smallest absolute Gasteiger partial charge is 0.305 e. The lowest BCUT2D eigenvalue weighted by Crippen LogP contribution is -2.47. The maximum atomic E-state index is 13.2. The number of carbonyl (C=O) groups excluding carboxylic acids is 1. The summed E-state index contributed by atoms with van der Waals surface area (Å²) in [5, 5.41) is 22.4. The molecule has 1 aromatic carbocycles. The molecule has 1 fully saturated rings.